The molecular formula is C9H13NS. The van der Waals surface area contributed by atoms with Crippen molar-refractivity contribution in [1.29, 1.82) is 0 Å². The fourth-order valence-corrected chi connectivity index (χ4v) is 2.44. The maximum absolute atomic E-state index is 3.30. The summed E-state index contributed by atoms with van der Waals surface area (Å²) < 4.78 is 0. The summed E-state index contributed by atoms with van der Waals surface area (Å²) in [6.07, 6.45) is 0. The summed E-state index contributed by atoms with van der Waals surface area (Å²) in [5, 5.41) is 3.30. The van der Waals surface area contributed by atoms with Gasteiger partial charge in [0.1, 0.15) is 0 Å². The van der Waals surface area contributed by atoms with Crippen molar-refractivity contribution in [1.82, 2.24) is 5.32 Å². The standard InChI is InChI=1S/C9H13NS/c1-6-3-9(11-7(6)2)8-4-10-5-8/h3,8,10H,4-5H2,1-2H3. The Morgan fingerprint density at radius 2 is 2.18 bits per heavy atom. The molecule has 11 heavy (non-hydrogen) atoms. The summed E-state index contributed by atoms with van der Waals surface area (Å²) in [6.45, 7) is 6.76. The minimum Gasteiger partial charge on any atom is -0.315 e. The third-order valence-corrected chi connectivity index (χ3v) is 3.68. The van der Waals surface area contributed by atoms with E-state index < -0.39 is 0 Å². The maximum Gasteiger partial charge on any atom is 0.0183 e. The van der Waals surface area contributed by atoms with Crippen LogP contribution in [-0.2, 0) is 0 Å². The predicted octanol–water partition coefficient (Wildman–Crippen LogP) is 2.05. The van der Waals surface area contributed by atoms with E-state index in [1.807, 2.05) is 11.3 Å². The van der Waals surface area contributed by atoms with Gasteiger partial charge in [0.05, 0.1) is 0 Å². The van der Waals surface area contributed by atoms with E-state index in [2.05, 4.69) is 25.2 Å². The Morgan fingerprint density at radius 3 is 2.55 bits per heavy atom. The quantitative estimate of drug-likeness (QED) is 0.675. The number of nitrogens with one attached hydrogen (secondary N) is 1. The minimum atomic E-state index is 0.812. The average Bonchev–Trinajstić information content (AvgIpc) is 2.08. The van der Waals surface area contributed by atoms with Crippen molar-refractivity contribution in [2.45, 2.75) is 19.8 Å². The molecule has 0 amide bonds. The normalized spacial score (nSPS) is 18.4. The van der Waals surface area contributed by atoms with Gasteiger partial charge in [-0.25, -0.2) is 0 Å². The zero-order valence-electron chi connectivity index (χ0n) is 6.98. The van der Waals surface area contributed by atoms with Crippen molar-refractivity contribution in [3.05, 3.63) is 21.4 Å². The second-order valence-corrected chi connectivity index (χ2v) is 4.53. The molecular weight excluding hydrogens is 154 g/mol. The van der Waals surface area contributed by atoms with E-state index >= 15 is 0 Å². The lowest BCUT2D eigenvalue weighted by molar-refractivity contribution is 0.454. The molecule has 0 spiro atoms. The first-order chi connectivity index (χ1) is 5.27. The molecule has 0 unspecified atom stereocenters. The molecule has 1 N–H and O–H groups in total. The van der Waals surface area contributed by atoms with Crippen LogP contribution in [-0.4, -0.2) is 13.1 Å². The third kappa shape index (κ3) is 1.21. The van der Waals surface area contributed by atoms with Crippen molar-refractivity contribution in [2.75, 3.05) is 13.1 Å². The van der Waals surface area contributed by atoms with Crippen LogP contribution < -0.4 is 5.32 Å². The lowest BCUT2D eigenvalue weighted by Gasteiger charge is -2.25. The molecule has 1 aliphatic rings. The molecule has 0 radical (unpaired) electrons. The zero-order chi connectivity index (χ0) is 7.84. The topological polar surface area (TPSA) is 12.0 Å². The monoisotopic (exact) mass is 167 g/mol. The Labute approximate surface area is 71.4 Å². The fourth-order valence-electron chi connectivity index (χ4n) is 1.29. The molecule has 1 fully saturated rings. The van der Waals surface area contributed by atoms with E-state index in [0.29, 0.717) is 0 Å². The van der Waals surface area contributed by atoms with Crippen LogP contribution in [0.1, 0.15) is 21.2 Å². The van der Waals surface area contributed by atoms with Gasteiger partial charge in [-0.05, 0) is 25.5 Å². The van der Waals surface area contributed by atoms with Crippen molar-refractivity contribution in [2.24, 2.45) is 0 Å². The van der Waals surface area contributed by atoms with Crippen molar-refractivity contribution >= 4 is 11.3 Å². The zero-order valence-corrected chi connectivity index (χ0v) is 7.79. The van der Waals surface area contributed by atoms with Crippen LogP contribution in [0.15, 0.2) is 6.07 Å². The summed E-state index contributed by atoms with van der Waals surface area (Å²) in [7, 11) is 0. The van der Waals surface area contributed by atoms with Gasteiger partial charge in [-0.2, -0.15) is 0 Å². The highest BCUT2D eigenvalue weighted by molar-refractivity contribution is 7.12. The van der Waals surface area contributed by atoms with E-state index in [9.17, 15) is 0 Å². The van der Waals surface area contributed by atoms with Gasteiger partial charge in [-0.1, -0.05) is 0 Å². The molecule has 0 aromatic carbocycles. The largest absolute Gasteiger partial charge is 0.315 e. The molecule has 2 heteroatoms. The second kappa shape index (κ2) is 2.61. The predicted molar refractivity (Wildman–Crippen MR) is 49.4 cm³/mol. The Balaban J connectivity index is 2.24. The molecule has 0 saturated carbocycles. The van der Waals surface area contributed by atoms with E-state index in [1.54, 1.807) is 4.88 Å². The number of hydrogen-bond donors (Lipinski definition) is 1. The average molecular weight is 167 g/mol. The number of thiophene rings is 1. The van der Waals surface area contributed by atoms with Gasteiger partial charge in [-0.15, -0.1) is 11.3 Å². The van der Waals surface area contributed by atoms with Gasteiger partial charge in [0.25, 0.3) is 0 Å². The van der Waals surface area contributed by atoms with Crippen LogP contribution in [0.5, 0.6) is 0 Å². The van der Waals surface area contributed by atoms with E-state index in [-0.39, 0.29) is 0 Å². The first-order valence-electron chi connectivity index (χ1n) is 4.05. The van der Waals surface area contributed by atoms with Crippen LogP contribution in [0.2, 0.25) is 0 Å². The molecule has 1 aliphatic heterocycles. The molecule has 1 aromatic heterocycles. The molecule has 1 aromatic rings. The third-order valence-electron chi connectivity index (χ3n) is 2.37. The molecule has 2 rings (SSSR count). The van der Waals surface area contributed by atoms with Gasteiger partial charge in [0, 0.05) is 28.8 Å². The van der Waals surface area contributed by atoms with Crippen LogP contribution in [0.4, 0.5) is 0 Å². The minimum absolute atomic E-state index is 0.812. The summed E-state index contributed by atoms with van der Waals surface area (Å²) in [4.78, 5) is 3.05. The number of aryl methyl sites for hydroxylation is 2. The number of rotatable bonds is 1. The molecule has 1 nitrogen and oxygen atoms in total. The van der Waals surface area contributed by atoms with Crippen LogP contribution in [0.3, 0.4) is 0 Å². The summed E-state index contributed by atoms with van der Waals surface area (Å²) in [6, 6.07) is 2.34. The SMILES string of the molecule is Cc1cc(C2CNC2)sc1C. The first kappa shape index (κ1) is 7.32. The smallest absolute Gasteiger partial charge is 0.0183 e. The first-order valence-corrected chi connectivity index (χ1v) is 4.86. The van der Waals surface area contributed by atoms with Gasteiger partial charge < -0.3 is 5.32 Å². The lowest BCUT2D eigenvalue weighted by atomic mass is 10.0. The Hall–Kier alpha value is -0.340. The highest BCUT2D eigenvalue weighted by Gasteiger charge is 2.20. The summed E-state index contributed by atoms with van der Waals surface area (Å²) in [5.74, 6) is 0.812. The van der Waals surface area contributed by atoms with Gasteiger partial charge >= 0.3 is 0 Å². The Kier molecular flexibility index (Phi) is 1.74. The second-order valence-electron chi connectivity index (χ2n) is 3.24. The summed E-state index contributed by atoms with van der Waals surface area (Å²) >= 11 is 1.96. The fraction of sp³-hybridized carbons (Fsp3) is 0.556. The highest BCUT2D eigenvalue weighted by Crippen LogP contribution is 2.29. The van der Waals surface area contributed by atoms with E-state index in [1.165, 1.54) is 23.5 Å². The van der Waals surface area contributed by atoms with Crippen LogP contribution >= 0.6 is 11.3 Å². The summed E-state index contributed by atoms with van der Waals surface area (Å²) in [5.41, 5.74) is 1.46. The number of hydrogen-bond acceptors (Lipinski definition) is 2. The van der Waals surface area contributed by atoms with Crippen molar-refractivity contribution in [3.63, 3.8) is 0 Å². The van der Waals surface area contributed by atoms with Crippen molar-refractivity contribution in [3.8, 4) is 0 Å². The van der Waals surface area contributed by atoms with Crippen LogP contribution in [0.25, 0.3) is 0 Å². The Bertz CT molecular complexity index is 241. The Morgan fingerprint density at radius 1 is 1.45 bits per heavy atom. The van der Waals surface area contributed by atoms with Gasteiger partial charge in [0.2, 0.25) is 0 Å². The van der Waals surface area contributed by atoms with Gasteiger partial charge in [0.15, 0.2) is 0 Å². The van der Waals surface area contributed by atoms with Gasteiger partial charge in [-0.3, -0.25) is 0 Å². The molecule has 60 valence electrons. The molecule has 2 heterocycles. The molecule has 1 saturated heterocycles. The lowest BCUT2D eigenvalue weighted by Crippen LogP contribution is -2.39. The molecule has 0 atom stereocenters. The van der Waals surface area contributed by atoms with E-state index in [4.69, 9.17) is 0 Å². The van der Waals surface area contributed by atoms with Crippen molar-refractivity contribution < 1.29 is 0 Å². The van der Waals surface area contributed by atoms with E-state index in [0.717, 1.165) is 5.92 Å². The highest BCUT2D eigenvalue weighted by atomic mass is 32.1. The van der Waals surface area contributed by atoms with Crippen LogP contribution in [0, 0.1) is 13.8 Å². The maximum atomic E-state index is 3.30. The molecule has 0 bridgehead atoms. The molecule has 0 aliphatic carbocycles.